The van der Waals surface area contributed by atoms with E-state index in [1.165, 1.54) is 19.3 Å². The number of hydrogen-bond acceptors (Lipinski definition) is 4. The van der Waals surface area contributed by atoms with Gasteiger partial charge in [-0.1, -0.05) is 62.9 Å². The van der Waals surface area contributed by atoms with Crippen molar-refractivity contribution in [3.8, 4) is 17.0 Å². The van der Waals surface area contributed by atoms with Crippen LogP contribution in [0, 0.1) is 6.92 Å². The van der Waals surface area contributed by atoms with Gasteiger partial charge in [0.05, 0.1) is 17.1 Å². The van der Waals surface area contributed by atoms with E-state index in [1.807, 2.05) is 49.4 Å². The molecule has 2 aromatic carbocycles. The van der Waals surface area contributed by atoms with Gasteiger partial charge in [0.25, 0.3) is 0 Å². The maximum absolute atomic E-state index is 12.5. The van der Waals surface area contributed by atoms with Crippen molar-refractivity contribution in [2.24, 2.45) is 0 Å². The molecule has 0 aliphatic rings. The van der Waals surface area contributed by atoms with Gasteiger partial charge in [0.15, 0.2) is 5.82 Å². The Balaban J connectivity index is 1.83. The van der Waals surface area contributed by atoms with Crippen LogP contribution in [0.3, 0.4) is 0 Å². The zero-order valence-corrected chi connectivity index (χ0v) is 18.4. The fourth-order valence-electron chi connectivity index (χ4n) is 3.54. The third-order valence-corrected chi connectivity index (χ3v) is 5.26. The van der Waals surface area contributed by atoms with Crippen LogP contribution >= 0.6 is 0 Å². The van der Waals surface area contributed by atoms with Gasteiger partial charge in [-0.05, 0) is 43.2 Å². The average Bonchev–Trinajstić information content (AvgIpc) is 2.77. The highest BCUT2D eigenvalue weighted by Gasteiger charge is 2.15. The second kappa shape index (κ2) is 11.3. The molecule has 0 radical (unpaired) electrons. The quantitative estimate of drug-likeness (QED) is 0.394. The van der Waals surface area contributed by atoms with E-state index in [4.69, 9.17) is 9.97 Å². The molecule has 5 heteroatoms. The third kappa shape index (κ3) is 6.64. The molecule has 0 aliphatic heterocycles. The number of aryl methyl sites for hydroxylation is 1. The fourth-order valence-corrected chi connectivity index (χ4v) is 3.54. The number of phenols is 1. The summed E-state index contributed by atoms with van der Waals surface area (Å²) in [7, 11) is 0. The molecule has 31 heavy (non-hydrogen) atoms. The van der Waals surface area contributed by atoms with E-state index >= 15 is 0 Å². The Kier molecular flexibility index (Phi) is 8.16. The molecule has 0 saturated carbocycles. The molecule has 0 unspecified atom stereocenters. The summed E-state index contributed by atoms with van der Waals surface area (Å²) >= 11 is 0. The molecule has 0 aliphatic carbocycles. The van der Waals surface area contributed by atoms with E-state index in [9.17, 15) is 9.90 Å². The molecule has 0 bridgehead atoms. The molecule has 0 atom stereocenters. The zero-order chi connectivity index (χ0) is 22.1. The lowest BCUT2D eigenvalue weighted by molar-refractivity contribution is -0.116. The first-order chi connectivity index (χ1) is 15.1. The molecule has 1 aromatic heterocycles. The highest BCUT2D eigenvalue weighted by molar-refractivity contribution is 5.90. The summed E-state index contributed by atoms with van der Waals surface area (Å²) in [5, 5.41) is 12.6. The molecule has 0 fully saturated rings. The van der Waals surface area contributed by atoms with E-state index in [1.54, 1.807) is 12.1 Å². The van der Waals surface area contributed by atoms with Crippen LogP contribution in [0.4, 0.5) is 5.82 Å². The summed E-state index contributed by atoms with van der Waals surface area (Å²) in [6.45, 7) is 4.08. The summed E-state index contributed by atoms with van der Waals surface area (Å²) < 4.78 is 0. The molecular formula is C26H31N3O2. The Morgan fingerprint density at radius 1 is 0.935 bits per heavy atom. The first-order valence-corrected chi connectivity index (χ1v) is 11.1. The van der Waals surface area contributed by atoms with Gasteiger partial charge in [-0.3, -0.25) is 4.79 Å². The minimum atomic E-state index is -0.0168. The van der Waals surface area contributed by atoms with Crippen LogP contribution in [-0.4, -0.2) is 21.0 Å². The van der Waals surface area contributed by atoms with Crippen molar-refractivity contribution in [3.63, 3.8) is 0 Å². The van der Waals surface area contributed by atoms with Crippen LogP contribution in [-0.2, 0) is 11.2 Å². The normalized spacial score (nSPS) is 10.8. The van der Waals surface area contributed by atoms with Crippen LogP contribution in [0.1, 0.15) is 62.4 Å². The van der Waals surface area contributed by atoms with E-state index in [0.717, 1.165) is 41.1 Å². The first kappa shape index (κ1) is 22.5. The number of benzene rings is 2. The van der Waals surface area contributed by atoms with Gasteiger partial charge in [0, 0.05) is 18.4 Å². The van der Waals surface area contributed by atoms with Gasteiger partial charge in [0.2, 0.25) is 5.91 Å². The average molecular weight is 418 g/mol. The number of carbonyl (C=O) groups is 1. The smallest absolute Gasteiger partial charge is 0.225 e. The number of carbonyl (C=O) groups excluding carboxylic acids is 1. The number of phenolic OH excluding ortho intramolecular Hbond substituents is 1. The Bertz CT molecular complexity index is 986. The third-order valence-electron chi connectivity index (χ3n) is 5.26. The number of hydrogen-bond donors (Lipinski definition) is 2. The van der Waals surface area contributed by atoms with Gasteiger partial charge in [-0.25, -0.2) is 9.97 Å². The maximum atomic E-state index is 12.5. The lowest BCUT2D eigenvalue weighted by Gasteiger charge is -2.14. The second-order valence-electron chi connectivity index (χ2n) is 7.87. The molecule has 1 amide bonds. The predicted molar refractivity (Wildman–Crippen MR) is 125 cm³/mol. The van der Waals surface area contributed by atoms with Crippen molar-refractivity contribution < 1.29 is 9.90 Å². The molecule has 1 heterocycles. The number of nitrogens with zero attached hydrogens (tertiary/aromatic N) is 2. The summed E-state index contributed by atoms with van der Waals surface area (Å²) in [6, 6.07) is 17.0. The minimum Gasteiger partial charge on any atom is -0.508 e. The summed E-state index contributed by atoms with van der Waals surface area (Å²) in [5.74, 6) is 0.723. The highest BCUT2D eigenvalue weighted by atomic mass is 16.3. The second-order valence-corrected chi connectivity index (χ2v) is 7.87. The Hall–Kier alpha value is -3.21. The minimum absolute atomic E-state index is 0.0168. The van der Waals surface area contributed by atoms with Crippen molar-refractivity contribution in [1.29, 1.82) is 0 Å². The van der Waals surface area contributed by atoms with Crippen LogP contribution in [0.2, 0.25) is 0 Å². The van der Waals surface area contributed by atoms with Crippen molar-refractivity contribution in [2.45, 2.75) is 58.8 Å². The topological polar surface area (TPSA) is 75.1 Å². The van der Waals surface area contributed by atoms with Crippen LogP contribution in [0.5, 0.6) is 5.75 Å². The summed E-state index contributed by atoms with van der Waals surface area (Å²) in [6.07, 6.45) is 6.60. The van der Waals surface area contributed by atoms with Gasteiger partial charge in [-0.2, -0.15) is 0 Å². The SMILES string of the molecule is CCCCCCCC(=O)Nc1nc(C)c(-c2ccc(O)cc2)nc1Cc1ccccc1. The van der Waals surface area contributed by atoms with E-state index in [0.29, 0.717) is 18.7 Å². The Labute approximate surface area is 184 Å². The number of rotatable bonds is 10. The van der Waals surface area contributed by atoms with Crippen molar-refractivity contribution in [3.05, 3.63) is 71.5 Å². The molecule has 3 aromatic rings. The van der Waals surface area contributed by atoms with Crippen molar-refractivity contribution >= 4 is 11.7 Å². The maximum Gasteiger partial charge on any atom is 0.225 e. The predicted octanol–water partition coefficient (Wildman–Crippen LogP) is 6.05. The number of nitrogens with one attached hydrogen (secondary N) is 1. The molecule has 2 N–H and O–H groups in total. The van der Waals surface area contributed by atoms with E-state index < -0.39 is 0 Å². The highest BCUT2D eigenvalue weighted by Crippen LogP contribution is 2.26. The number of unbranched alkanes of at least 4 members (excludes halogenated alkanes) is 4. The molecule has 162 valence electrons. The lowest BCUT2D eigenvalue weighted by Crippen LogP contribution is -2.16. The summed E-state index contributed by atoms with van der Waals surface area (Å²) in [5.41, 5.74) is 4.21. The molecule has 5 nitrogen and oxygen atoms in total. The molecule has 3 rings (SSSR count). The van der Waals surface area contributed by atoms with Gasteiger partial charge in [-0.15, -0.1) is 0 Å². The van der Waals surface area contributed by atoms with E-state index in [-0.39, 0.29) is 11.7 Å². The van der Waals surface area contributed by atoms with Crippen LogP contribution < -0.4 is 5.32 Å². The Morgan fingerprint density at radius 2 is 1.65 bits per heavy atom. The number of aromatic nitrogens is 2. The monoisotopic (exact) mass is 417 g/mol. The van der Waals surface area contributed by atoms with Crippen LogP contribution in [0.15, 0.2) is 54.6 Å². The zero-order valence-electron chi connectivity index (χ0n) is 18.4. The molecule has 0 saturated heterocycles. The van der Waals surface area contributed by atoms with E-state index in [2.05, 4.69) is 12.2 Å². The van der Waals surface area contributed by atoms with Gasteiger partial charge in [0.1, 0.15) is 5.75 Å². The lowest BCUT2D eigenvalue weighted by atomic mass is 10.1. The summed E-state index contributed by atoms with van der Waals surface area (Å²) in [4.78, 5) is 22.1. The van der Waals surface area contributed by atoms with Crippen LogP contribution in [0.25, 0.3) is 11.3 Å². The van der Waals surface area contributed by atoms with Gasteiger partial charge >= 0.3 is 0 Å². The Morgan fingerprint density at radius 3 is 2.35 bits per heavy atom. The molecular weight excluding hydrogens is 386 g/mol. The first-order valence-electron chi connectivity index (χ1n) is 11.1. The fraction of sp³-hybridized carbons (Fsp3) is 0.346. The molecule has 0 spiro atoms. The van der Waals surface area contributed by atoms with Gasteiger partial charge < -0.3 is 10.4 Å². The van der Waals surface area contributed by atoms with Crippen molar-refractivity contribution in [1.82, 2.24) is 9.97 Å². The number of amides is 1. The number of aromatic hydroxyl groups is 1. The standard InChI is InChI=1S/C26H31N3O2/c1-3-4-5-6-10-13-24(31)29-26-23(18-20-11-8-7-9-12-20)28-25(19(2)27-26)21-14-16-22(30)17-15-21/h7-9,11-12,14-17,30H,3-6,10,13,18H2,1-2H3,(H,27,29,31). The van der Waals surface area contributed by atoms with Crippen molar-refractivity contribution in [2.75, 3.05) is 5.32 Å². The largest absolute Gasteiger partial charge is 0.508 e. The number of anilines is 1.